The van der Waals surface area contributed by atoms with Crippen molar-refractivity contribution >= 4 is 5.91 Å². The van der Waals surface area contributed by atoms with E-state index in [4.69, 9.17) is 4.42 Å². The lowest BCUT2D eigenvalue weighted by atomic mass is 9.84. The molecule has 0 aliphatic carbocycles. The van der Waals surface area contributed by atoms with Gasteiger partial charge in [-0.25, -0.2) is 0 Å². The largest absolute Gasteiger partial charge is 0.443 e. The highest BCUT2D eigenvalue weighted by Gasteiger charge is 2.35. The zero-order valence-electron chi connectivity index (χ0n) is 13.5. The molecule has 5 rings (SSSR count). The van der Waals surface area contributed by atoms with E-state index in [0.29, 0.717) is 17.4 Å². The van der Waals surface area contributed by atoms with Crippen LogP contribution in [0.5, 0.6) is 0 Å². The third-order valence-corrected chi connectivity index (χ3v) is 4.91. The fourth-order valence-electron chi connectivity index (χ4n) is 3.55. The number of carbonyl (C=O) groups is 1. The molecule has 2 bridgehead atoms. The topological polar surface area (TPSA) is 45.5 Å². The summed E-state index contributed by atoms with van der Waals surface area (Å²) in [7, 11) is 0. The minimum absolute atomic E-state index is 0.137. The molecule has 1 aromatic heterocycles. The molecule has 3 saturated heterocycles. The quantitative estimate of drug-likeness (QED) is 0.865. The van der Waals surface area contributed by atoms with Crippen LogP contribution in [0, 0.1) is 17.8 Å². The third kappa shape index (κ3) is 3.22. The molecule has 122 valence electrons. The minimum Gasteiger partial charge on any atom is -0.443 e. The Hall–Kier alpha value is -2.51. The van der Waals surface area contributed by atoms with Gasteiger partial charge in [0.1, 0.15) is 0 Å². The van der Waals surface area contributed by atoms with Gasteiger partial charge >= 0.3 is 0 Å². The molecule has 3 aliphatic rings. The van der Waals surface area contributed by atoms with Crippen molar-refractivity contribution in [3.63, 3.8) is 0 Å². The van der Waals surface area contributed by atoms with Gasteiger partial charge in [-0.1, -0.05) is 24.1 Å². The number of piperidine rings is 3. The Balaban J connectivity index is 1.41. The van der Waals surface area contributed by atoms with Crippen molar-refractivity contribution in [2.45, 2.75) is 18.9 Å². The summed E-state index contributed by atoms with van der Waals surface area (Å²) in [6.45, 7) is 3.28. The molecule has 4 nitrogen and oxygen atoms in total. The Bertz CT molecular complexity index is 777. The van der Waals surface area contributed by atoms with Crippen LogP contribution >= 0.6 is 0 Å². The van der Waals surface area contributed by atoms with Crippen molar-refractivity contribution in [3.8, 4) is 11.8 Å². The van der Waals surface area contributed by atoms with Gasteiger partial charge in [-0.2, -0.15) is 0 Å². The number of hydrogen-bond donors (Lipinski definition) is 1. The number of nitrogens with zero attached hydrogens (tertiary/aromatic N) is 1. The molecule has 4 heterocycles. The van der Waals surface area contributed by atoms with E-state index in [1.165, 1.54) is 12.8 Å². The Morgan fingerprint density at radius 2 is 1.88 bits per heavy atom. The van der Waals surface area contributed by atoms with Crippen LogP contribution in [-0.4, -0.2) is 36.5 Å². The van der Waals surface area contributed by atoms with E-state index in [-0.39, 0.29) is 11.9 Å². The molecule has 1 amide bonds. The molecule has 3 aliphatic heterocycles. The summed E-state index contributed by atoms with van der Waals surface area (Å²) >= 11 is 0. The Labute approximate surface area is 141 Å². The van der Waals surface area contributed by atoms with Crippen LogP contribution < -0.4 is 5.32 Å². The summed E-state index contributed by atoms with van der Waals surface area (Å²) < 4.78 is 5.59. The van der Waals surface area contributed by atoms with Gasteiger partial charge in [-0.3, -0.25) is 4.79 Å². The second-order valence-corrected chi connectivity index (χ2v) is 6.50. The Kier molecular flexibility index (Phi) is 4.10. The van der Waals surface area contributed by atoms with Crippen LogP contribution in [0.15, 0.2) is 46.9 Å². The number of amides is 1. The number of nitrogens with one attached hydrogen (secondary N) is 1. The van der Waals surface area contributed by atoms with Gasteiger partial charge in [0.25, 0.3) is 5.91 Å². The summed E-state index contributed by atoms with van der Waals surface area (Å²) in [5, 5.41) is 3.13. The smallest absolute Gasteiger partial charge is 0.287 e. The number of furan rings is 1. The van der Waals surface area contributed by atoms with Crippen molar-refractivity contribution in [1.82, 2.24) is 10.2 Å². The fourth-order valence-corrected chi connectivity index (χ4v) is 3.55. The normalized spacial score (nSPS) is 24.9. The summed E-state index contributed by atoms with van der Waals surface area (Å²) in [4.78, 5) is 14.8. The first kappa shape index (κ1) is 15.0. The predicted octanol–water partition coefficient (Wildman–Crippen LogP) is 2.50. The van der Waals surface area contributed by atoms with E-state index in [0.717, 1.165) is 25.2 Å². The Morgan fingerprint density at radius 3 is 2.58 bits per heavy atom. The van der Waals surface area contributed by atoms with Crippen LogP contribution in [0.3, 0.4) is 0 Å². The summed E-state index contributed by atoms with van der Waals surface area (Å²) in [5.74, 6) is 7.31. The van der Waals surface area contributed by atoms with Crippen molar-refractivity contribution < 1.29 is 9.21 Å². The lowest BCUT2D eigenvalue weighted by Crippen LogP contribution is -2.57. The second-order valence-electron chi connectivity index (χ2n) is 6.50. The van der Waals surface area contributed by atoms with Crippen LogP contribution in [0.1, 0.15) is 34.7 Å². The van der Waals surface area contributed by atoms with E-state index >= 15 is 0 Å². The summed E-state index contributed by atoms with van der Waals surface area (Å²) in [6.07, 6.45) is 2.35. The van der Waals surface area contributed by atoms with Crippen LogP contribution in [0.4, 0.5) is 0 Å². The molecule has 0 saturated carbocycles. The maximum atomic E-state index is 12.4. The van der Waals surface area contributed by atoms with E-state index in [1.807, 2.05) is 30.3 Å². The lowest BCUT2D eigenvalue weighted by Gasteiger charge is -2.44. The first-order chi connectivity index (χ1) is 11.8. The van der Waals surface area contributed by atoms with Gasteiger partial charge in [0.2, 0.25) is 0 Å². The van der Waals surface area contributed by atoms with Crippen molar-refractivity contribution in [3.05, 3.63) is 59.5 Å². The van der Waals surface area contributed by atoms with Gasteiger partial charge in [-0.15, -0.1) is 0 Å². The first-order valence-corrected chi connectivity index (χ1v) is 8.48. The highest BCUT2D eigenvalue weighted by atomic mass is 16.3. The number of carbonyl (C=O) groups excluding carboxylic acids is 1. The molecule has 3 fully saturated rings. The Morgan fingerprint density at radius 1 is 1.08 bits per heavy atom. The number of hydrogen-bond acceptors (Lipinski definition) is 3. The molecule has 1 aromatic carbocycles. The van der Waals surface area contributed by atoms with E-state index < -0.39 is 0 Å². The van der Waals surface area contributed by atoms with Crippen LogP contribution in [0.25, 0.3) is 0 Å². The standard InChI is InChI=1S/C20H20N2O2/c23-20(21-18-14-22-12-10-16(18)11-13-22)19-9-8-17(24-19)7-6-15-4-2-1-3-5-15/h1-5,8-9,16,18H,10-14H2,(H,21,23). The van der Waals surface area contributed by atoms with E-state index in [2.05, 4.69) is 22.1 Å². The molecule has 1 atom stereocenters. The monoisotopic (exact) mass is 320 g/mol. The number of benzene rings is 1. The summed E-state index contributed by atoms with van der Waals surface area (Å²) in [5.41, 5.74) is 0.923. The third-order valence-electron chi connectivity index (χ3n) is 4.91. The lowest BCUT2D eigenvalue weighted by molar-refractivity contribution is 0.0605. The highest BCUT2D eigenvalue weighted by molar-refractivity contribution is 5.91. The molecule has 2 aromatic rings. The van der Waals surface area contributed by atoms with Crippen LogP contribution in [0.2, 0.25) is 0 Å². The zero-order chi connectivity index (χ0) is 16.4. The van der Waals surface area contributed by atoms with Crippen molar-refractivity contribution in [2.75, 3.05) is 19.6 Å². The maximum Gasteiger partial charge on any atom is 0.287 e. The summed E-state index contributed by atoms with van der Waals surface area (Å²) in [6, 6.07) is 13.4. The molecule has 0 radical (unpaired) electrons. The molecular weight excluding hydrogens is 300 g/mol. The molecule has 4 heteroatoms. The predicted molar refractivity (Wildman–Crippen MR) is 91.5 cm³/mol. The van der Waals surface area contributed by atoms with Gasteiger partial charge in [-0.05, 0) is 62.0 Å². The zero-order valence-corrected chi connectivity index (χ0v) is 13.5. The number of fused-ring (bicyclic) bond motifs is 3. The second kappa shape index (κ2) is 6.54. The average molecular weight is 320 g/mol. The van der Waals surface area contributed by atoms with E-state index in [9.17, 15) is 4.79 Å². The molecule has 24 heavy (non-hydrogen) atoms. The van der Waals surface area contributed by atoms with Crippen molar-refractivity contribution in [2.24, 2.45) is 5.92 Å². The molecule has 1 N–H and O–H groups in total. The maximum absolute atomic E-state index is 12.4. The average Bonchev–Trinajstić information content (AvgIpc) is 3.11. The molecule has 0 spiro atoms. The van der Waals surface area contributed by atoms with Crippen molar-refractivity contribution in [1.29, 1.82) is 0 Å². The first-order valence-electron chi connectivity index (χ1n) is 8.48. The molecule has 1 unspecified atom stereocenters. The van der Waals surface area contributed by atoms with Gasteiger partial charge in [0.05, 0.1) is 0 Å². The van der Waals surface area contributed by atoms with Crippen LogP contribution in [-0.2, 0) is 0 Å². The highest BCUT2D eigenvalue weighted by Crippen LogP contribution is 2.27. The number of rotatable bonds is 2. The SMILES string of the molecule is O=C(NC1CN2CCC1CC2)c1ccc(C#Cc2ccccc2)o1. The molecular formula is C20H20N2O2. The minimum atomic E-state index is -0.137. The van der Waals surface area contributed by atoms with Gasteiger partial charge in [0, 0.05) is 18.2 Å². The van der Waals surface area contributed by atoms with Gasteiger partial charge in [0.15, 0.2) is 11.5 Å². The fraction of sp³-hybridized carbons (Fsp3) is 0.350. The van der Waals surface area contributed by atoms with E-state index in [1.54, 1.807) is 12.1 Å². The van der Waals surface area contributed by atoms with Gasteiger partial charge < -0.3 is 14.6 Å².